The van der Waals surface area contributed by atoms with E-state index in [0.29, 0.717) is 24.5 Å². The zero-order valence-corrected chi connectivity index (χ0v) is 13.1. The van der Waals surface area contributed by atoms with Crippen LogP contribution in [-0.4, -0.2) is 27.4 Å². The minimum Gasteiger partial charge on any atom is -0.361 e. The van der Waals surface area contributed by atoms with Crippen molar-refractivity contribution in [2.45, 2.75) is 47.1 Å². The summed E-state index contributed by atoms with van der Waals surface area (Å²) in [7, 11) is 0. The molecule has 0 aliphatic rings. The van der Waals surface area contributed by atoms with Gasteiger partial charge in [0.1, 0.15) is 5.76 Å². The molecule has 0 saturated carbocycles. The number of unbranched alkanes of at least 4 members (excludes halogenated alkanes) is 1. The predicted molar refractivity (Wildman–Crippen MR) is 79.3 cm³/mol. The Morgan fingerprint density at radius 3 is 2.76 bits per heavy atom. The molecule has 0 aromatic carbocycles. The number of hydrogen-bond acceptors (Lipinski definition) is 4. The smallest absolute Gasteiger partial charge is 0.273 e. The molecule has 2 aromatic rings. The molecule has 21 heavy (non-hydrogen) atoms. The van der Waals surface area contributed by atoms with Gasteiger partial charge in [0, 0.05) is 17.8 Å². The lowest BCUT2D eigenvalue weighted by Gasteiger charge is -2.06. The number of hydrogen-bond donors (Lipinski definition) is 1. The molecule has 0 aliphatic carbocycles. The summed E-state index contributed by atoms with van der Waals surface area (Å²) in [5.41, 5.74) is 3.15. The van der Waals surface area contributed by atoms with Crippen LogP contribution >= 0.6 is 0 Å². The van der Waals surface area contributed by atoms with Crippen LogP contribution in [0.1, 0.15) is 53.0 Å². The van der Waals surface area contributed by atoms with E-state index < -0.39 is 0 Å². The third-order valence-electron chi connectivity index (χ3n) is 3.43. The molecule has 0 aliphatic heterocycles. The molecule has 114 valence electrons. The summed E-state index contributed by atoms with van der Waals surface area (Å²) in [6.07, 6.45) is 1.99. The number of carbonyl (C=O) groups is 1. The van der Waals surface area contributed by atoms with Gasteiger partial charge in [-0.05, 0) is 33.3 Å². The molecule has 6 heteroatoms. The van der Waals surface area contributed by atoms with Crippen molar-refractivity contribution < 1.29 is 9.32 Å². The zero-order valence-electron chi connectivity index (χ0n) is 13.1. The van der Waals surface area contributed by atoms with Crippen molar-refractivity contribution in [3.63, 3.8) is 0 Å². The number of nitrogens with one attached hydrogen (secondary N) is 1. The molecule has 0 spiro atoms. The van der Waals surface area contributed by atoms with Crippen LogP contribution < -0.4 is 5.32 Å². The van der Waals surface area contributed by atoms with E-state index in [2.05, 4.69) is 22.5 Å². The highest BCUT2D eigenvalue weighted by molar-refractivity contribution is 5.93. The molecule has 2 rings (SSSR count). The lowest BCUT2D eigenvalue weighted by atomic mass is 10.2. The van der Waals surface area contributed by atoms with Crippen LogP contribution in [0.2, 0.25) is 0 Å². The average Bonchev–Trinajstić information content (AvgIpc) is 2.94. The molecule has 0 unspecified atom stereocenters. The van der Waals surface area contributed by atoms with Crippen molar-refractivity contribution >= 4 is 5.91 Å². The second kappa shape index (κ2) is 6.56. The van der Waals surface area contributed by atoms with Gasteiger partial charge in [0.2, 0.25) is 0 Å². The number of aromatic nitrogens is 3. The fraction of sp³-hybridized carbons (Fsp3) is 0.533. The van der Waals surface area contributed by atoms with Crippen LogP contribution in [0.25, 0.3) is 0 Å². The van der Waals surface area contributed by atoms with E-state index in [4.69, 9.17) is 4.52 Å². The van der Waals surface area contributed by atoms with Crippen molar-refractivity contribution in [1.29, 1.82) is 0 Å². The molecular formula is C15H22N4O2. The number of carbonyl (C=O) groups excluding carboxylic acids is 1. The molecule has 1 amide bonds. The third-order valence-corrected chi connectivity index (χ3v) is 3.43. The van der Waals surface area contributed by atoms with E-state index in [1.165, 1.54) is 0 Å². The molecule has 0 radical (unpaired) electrons. The normalized spacial score (nSPS) is 10.9. The van der Waals surface area contributed by atoms with Crippen LogP contribution in [0.15, 0.2) is 10.6 Å². The Morgan fingerprint density at radius 2 is 2.14 bits per heavy atom. The van der Waals surface area contributed by atoms with E-state index in [1.807, 2.05) is 31.5 Å². The van der Waals surface area contributed by atoms with E-state index >= 15 is 0 Å². The van der Waals surface area contributed by atoms with Crippen molar-refractivity contribution in [2.75, 3.05) is 6.54 Å². The standard InChI is InChI=1S/C15H22N4O2/c1-5-6-7-16-15(20)14-13(12(4)21-18-14)9-19-11(3)8-10(2)17-19/h8H,5-7,9H2,1-4H3,(H,16,20). The van der Waals surface area contributed by atoms with Gasteiger partial charge < -0.3 is 9.84 Å². The number of rotatable bonds is 6. The summed E-state index contributed by atoms with van der Waals surface area (Å²) in [5, 5.41) is 11.2. The van der Waals surface area contributed by atoms with Gasteiger partial charge in [-0.3, -0.25) is 9.48 Å². The van der Waals surface area contributed by atoms with Gasteiger partial charge in [-0.2, -0.15) is 5.10 Å². The Kier molecular flexibility index (Phi) is 4.77. The lowest BCUT2D eigenvalue weighted by molar-refractivity contribution is 0.0943. The van der Waals surface area contributed by atoms with Gasteiger partial charge in [-0.25, -0.2) is 0 Å². The molecule has 0 fully saturated rings. The first kappa shape index (κ1) is 15.3. The van der Waals surface area contributed by atoms with Crippen LogP contribution in [0, 0.1) is 20.8 Å². The highest BCUT2D eigenvalue weighted by Crippen LogP contribution is 2.16. The quantitative estimate of drug-likeness (QED) is 0.829. The maximum atomic E-state index is 12.2. The summed E-state index contributed by atoms with van der Waals surface area (Å²) < 4.78 is 7.05. The Bertz CT molecular complexity index is 628. The maximum absolute atomic E-state index is 12.2. The Labute approximate surface area is 124 Å². The number of aryl methyl sites for hydroxylation is 3. The van der Waals surface area contributed by atoms with Gasteiger partial charge >= 0.3 is 0 Å². The largest absolute Gasteiger partial charge is 0.361 e. The van der Waals surface area contributed by atoms with E-state index in [-0.39, 0.29) is 5.91 Å². The van der Waals surface area contributed by atoms with Crippen LogP contribution in [0.3, 0.4) is 0 Å². The Hall–Kier alpha value is -2.11. The topological polar surface area (TPSA) is 73.0 Å². The second-order valence-electron chi connectivity index (χ2n) is 5.26. The second-order valence-corrected chi connectivity index (χ2v) is 5.26. The molecule has 6 nitrogen and oxygen atoms in total. The van der Waals surface area contributed by atoms with Gasteiger partial charge in [0.05, 0.1) is 12.2 Å². The maximum Gasteiger partial charge on any atom is 0.273 e. The summed E-state index contributed by atoms with van der Waals surface area (Å²) in [5.74, 6) is 0.472. The van der Waals surface area contributed by atoms with Crippen molar-refractivity contribution in [3.05, 3.63) is 34.5 Å². The van der Waals surface area contributed by atoms with E-state index in [0.717, 1.165) is 29.8 Å². The molecule has 0 atom stereocenters. The van der Waals surface area contributed by atoms with Gasteiger partial charge in [0.15, 0.2) is 5.69 Å². The van der Waals surface area contributed by atoms with E-state index in [9.17, 15) is 4.79 Å². The third kappa shape index (κ3) is 3.51. The molecule has 0 bridgehead atoms. The van der Waals surface area contributed by atoms with Crippen LogP contribution in [0.5, 0.6) is 0 Å². The fourth-order valence-corrected chi connectivity index (χ4v) is 2.20. The highest BCUT2D eigenvalue weighted by atomic mass is 16.5. The Balaban J connectivity index is 2.18. The average molecular weight is 290 g/mol. The first-order chi connectivity index (χ1) is 10.0. The Morgan fingerprint density at radius 1 is 1.38 bits per heavy atom. The van der Waals surface area contributed by atoms with Crippen molar-refractivity contribution in [2.24, 2.45) is 0 Å². The monoisotopic (exact) mass is 290 g/mol. The zero-order chi connectivity index (χ0) is 15.4. The number of amides is 1. The first-order valence-corrected chi connectivity index (χ1v) is 7.27. The molecule has 2 aromatic heterocycles. The highest BCUT2D eigenvalue weighted by Gasteiger charge is 2.20. The van der Waals surface area contributed by atoms with Gasteiger partial charge in [-0.1, -0.05) is 18.5 Å². The van der Waals surface area contributed by atoms with Crippen molar-refractivity contribution in [3.8, 4) is 0 Å². The van der Waals surface area contributed by atoms with Gasteiger partial charge in [0.25, 0.3) is 5.91 Å². The summed E-state index contributed by atoms with van der Waals surface area (Å²) >= 11 is 0. The minimum absolute atomic E-state index is 0.183. The summed E-state index contributed by atoms with van der Waals surface area (Å²) in [6.45, 7) is 8.98. The summed E-state index contributed by atoms with van der Waals surface area (Å²) in [6, 6.07) is 2.00. The molecule has 0 saturated heterocycles. The minimum atomic E-state index is -0.183. The SMILES string of the molecule is CCCCNC(=O)c1noc(C)c1Cn1nc(C)cc1C. The predicted octanol–water partition coefficient (Wildman–Crippen LogP) is 2.37. The van der Waals surface area contributed by atoms with Crippen LogP contribution in [-0.2, 0) is 6.54 Å². The van der Waals surface area contributed by atoms with Crippen LogP contribution in [0.4, 0.5) is 0 Å². The molecule has 1 N–H and O–H groups in total. The van der Waals surface area contributed by atoms with E-state index in [1.54, 1.807) is 0 Å². The fourth-order valence-electron chi connectivity index (χ4n) is 2.20. The molecular weight excluding hydrogens is 268 g/mol. The lowest BCUT2D eigenvalue weighted by Crippen LogP contribution is -2.26. The van der Waals surface area contributed by atoms with Crippen molar-refractivity contribution in [1.82, 2.24) is 20.3 Å². The first-order valence-electron chi connectivity index (χ1n) is 7.27. The molecule has 2 heterocycles. The number of nitrogens with zero attached hydrogens (tertiary/aromatic N) is 3. The summed E-state index contributed by atoms with van der Waals surface area (Å²) in [4.78, 5) is 12.2. The van der Waals surface area contributed by atoms with Gasteiger partial charge in [-0.15, -0.1) is 0 Å².